The molecule has 0 unspecified atom stereocenters. The van der Waals surface area contributed by atoms with Crippen LogP contribution in [0.3, 0.4) is 0 Å². The molecule has 0 atom stereocenters. The molecule has 19 heavy (non-hydrogen) atoms. The average Bonchev–Trinajstić information content (AvgIpc) is 2.37. The molecule has 0 radical (unpaired) electrons. The predicted molar refractivity (Wildman–Crippen MR) is 66.8 cm³/mol. The Hall–Kier alpha value is -2.30. The Morgan fingerprint density at radius 2 is 1.58 bits per heavy atom. The number of alkyl halides is 3. The van der Waals surface area contributed by atoms with Crippen molar-refractivity contribution >= 4 is 11.9 Å². The van der Waals surface area contributed by atoms with E-state index in [1.165, 1.54) is 24.4 Å². The van der Waals surface area contributed by atoms with Crippen LogP contribution in [-0.2, 0) is 6.18 Å². The van der Waals surface area contributed by atoms with Crippen LogP contribution >= 0.6 is 0 Å². The second kappa shape index (κ2) is 5.14. The molecule has 2 aromatic rings. The van der Waals surface area contributed by atoms with E-state index in [-0.39, 0.29) is 5.75 Å². The van der Waals surface area contributed by atoms with Gasteiger partial charge in [0.15, 0.2) is 0 Å². The van der Waals surface area contributed by atoms with Crippen molar-refractivity contribution in [1.29, 1.82) is 0 Å². The van der Waals surface area contributed by atoms with Gasteiger partial charge in [0, 0.05) is 6.21 Å². The summed E-state index contributed by atoms with van der Waals surface area (Å²) >= 11 is 0. The number of aliphatic imine (C=N–C) groups is 1. The molecule has 0 spiro atoms. The van der Waals surface area contributed by atoms with Gasteiger partial charge in [-0.1, -0.05) is 24.3 Å². The van der Waals surface area contributed by atoms with E-state index in [9.17, 15) is 18.3 Å². The number of phenols is 1. The maximum atomic E-state index is 12.4. The van der Waals surface area contributed by atoms with Crippen LogP contribution in [0, 0.1) is 0 Å². The van der Waals surface area contributed by atoms with Crippen molar-refractivity contribution in [2.75, 3.05) is 0 Å². The molecule has 0 aliphatic heterocycles. The monoisotopic (exact) mass is 265 g/mol. The Kier molecular flexibility index (Phi) is 3.55. The van der Waals surface area contributed by atoms with Crippen LogP contribution in [0.15, 0.2) is 53.5 Å². The molecule has 0 saturated heterocycles. The standard InChI is InChI=1S/C14H10F3NO/c15-14(16,17)11-7-5-10(6-8-11)9-18-12-3-1-2-4-13(12)19/h1-9,19H. The smallest absolute Gasteiger partial charge is 0.416 e. The summed E-state index contributed by atoms with van der Waals surface area (Å²) in [7, 11) is 0. The fourth-order valence-corrected chi connectivity index (χ4v) is 1.48. The summed E-state index contributed by atoms with van der Waals surface area (Å²) in [5.74, 6) is 0.0191. The lowest BCUT2D eigenvalue weighted by atomic mass is 10.1. The first-order chi connectivity index (χ1) is 8.97. The quantitative estimate of drug-likeness (QED) is 0.812. The van der Waals surface area contributed by atoms with Crippen molar-refractivity contribution in [3.05, 3.63) is 59.7 Å². The second-order valence-corrected chi connectivity index (χ2v) is 3.87. The summed E-state index contributed by atoms with van der Waals surface area (Å²) in [4.78, 5) is 4.01. The number of benzene rings is 2. The molecule has 0 aliphatic rings. The Morgan fingerprint density at radius 1 is 0.947 bits per heavy atom. The highest BCUT2D eigenvalue weighted by Crippen LogP contribution is 2.29. The van der Waals surface area contributed by atoms with E-state index in [1.807, 2.05) is 0 Å². The molecule has 0 aliphatic carbocycles. The maximum Gasteiger partial charge on any atom is 0.416 e. The lowest BCUT2D eigenvalue weighted by Gasteiger charge is -2.05. The largest absolute Gasteiger partial charge is 0.506 e. The van der Waals surface area contributed by atoms with Gasteiger partial charge in [-0.05, 0) is 29.8 Å². The van der Waals surface area contributed by atoms with Crippen LogP contribution in [0.1, 0.15) is 11.1 Å². The third-order valence-electron chi connectivity index (χ3n) is 2.47. The van der Waals surface area contributed by atoms with Gasteiger partial charge in [-0.2, -0.15) is 13.2 Å². The Labute approximate surface area is 107 Å². The fourth-order valence-electron chi connectivity index (χ4n) is 1.48. The Balaban J connectivity index is 2.19. The van der Waals surface area contributed by atoms with Gasteiger partial charge < -0.3 is 5.11 Å². The van der Waals surface area contributed by atoms with Crippen LogP contribution < -0.4 is 0 Å². The van der Waals surface area contributed by atoms with Crippen LogP contribution in [0.5, 0.6) is 5.75 Å². The Morgan fingerprint density at radius 3 is 2.16 bits per heavy atom. The van der Waals surface area contributed by atoms with Gasteiger partial charge in [-0.15, -0.1) is 0 Å². The highest BCUT2D eigenvalue weighted by molar-refractivity contribution is 5.82. The summed E-state index contributed by atoms with van der Waals surface area (Å²) in [5, 5.41) is 9.48. The molecule has 0 aromatic heterocycles. The highest BCUT2D eigenvalue weighted by Gasteiger charge is 2.29. The van der Waals surface area contributed by atoms with Gasteiger partial charge in [0.05, 0.1) is 5.56 Å². The molecule has 0 saturated carbocycles. The molecule has 0 fully saturated rings. The van der Waals surface area contributed by atoms with Gasteiger partial charge in [0.25, 0.3) is 0 Å². The van der Waals surface area contributed by atoms with Crippen molar-refractivity contribution in [3.8, 4) is 5.75 Å². The SMILES string of the molecule is Oc1ccccc1N=Cc1ccc(C(F)(F)F)cc1. The molecular formula is C14H10F3NO. The number of nitrogens with zero attached hydrogens (tertiary/aromatic N) is 1. The van der Waals surface area contributed by atoms with Gasteiger partial charge in [0.1, 0.15) is 11.4 Å². The van der Waals surface area contributed by atoms with E-state index in [1.54, 1.807) is 18.2 Å². The third-order valence-corrected chi connectivity index (χ3v) is 2.47. The van der Waals surface area contributed by atoms with Gasteiger partial charge in [-0.25, -0.2) is 0 Å². The van der Waals surface area contributed by atoms with Crippen molar-refractivity contribution in [2.45, 2.75) is 6.18 Å². The number of aromatic hydroxyl groups is 1. The summed E-state index contributed by atoms with van der Waals surface area (Å²) < 4.78 is 37.1. The topological polar surface area (TPSA) is 32.6 Å². The van der Waals surface area contributed by atoms with Crippen LogP contribution in [-0.4, -0.2) is 11.3 Å². The molecule has 2 aromatic carbocycles. The van der Waals surface area contributed by atoms with Crippen LogP contribution in [0.25, 0.3) is 0 Å². The molecule has 0 bridgehead atoms. The molecule has 98 valence electrons. The predicted octanol–water partition coefficient (Wildman–Crippen LogP) is 4.16. The van der Waals surface area contributed by atoms with Crippen LogP contribution in [0.2, 0.25) is 0 Å². The second-order valence-electron chi connectivity index (χ2n) is 3.87. The maximum absolute atomic E-state index is 12.4. The number of halogens is 3. The lowest BCUT2D eigenvalue weighted by molar-refractivity contribution is -0.137. The zero-order valence-corrected chi connectivity index (χ0v) is 9.72. The van der Waals surface area contributed by atoms with E-state index in [2.05, 4.69) is 4.99 Å². The van der Waals surface area contributed by atoms with E-state index >= 15 is 0 Å². The highest BCUT2D eigenvalue weighted by atomic mass is 19.4. The van der Waals surface area contributed by atoms with E-state index in [0.717, 1.165) is 12.1 Å². The number of hydrogen-bond donors (Lipinski definition) is 1. The first kappa shape index (κ1) is 13.1. The first-order valence-electron chi connectivity index (χ1n) is 5.46. The van der Waals surface area contributed by atoms with Crippen molar-refractivity contribution in [1.82, 2.24) is 0 Å². The normalized spacial score (nSPS) is 11.9. The minimum Gasteiger partial charge on any atom is -0.506 e. The van der Waals surface area contributed by atoms with E-state index in [0.29, 0.717) is 11.3 Å². The van der Waals surface area contributed by atoms with Gasteiger partial charge in [-0.3, -0.25) is 4.99 Å². The molecule has 2 nitrogen and oxygen atoms in total. The van der Waals surface area contributed by atoms with Crippen molar-refractivity contribution in [2.24, 2.45) is 4.99 Å². The number of hydrogen-bond acceptors (Lipinski definition) is 2. The van der Waals surface area contributed by atoms with Gasteiger partial charge >= 0.3 is 6.18 Å². The molecule has 2 rings (SSSR count). The minimum absolute atomic E-state index is 0.0191. The summed E-state index contributed by atoms with van der Waals surface area (Å²) in [6, 6.07) is 11.1. The lowest BCUT2D eigenvalue weighted by Crippen LogP contribution is -2.04. The molecule has 5 heteroatoms. The van der Waals surface area contributed by atoms with Crippen molar-refractivity contribution in [3.63, 3.8) is 0 Å². The minimum atomic E-state index is -4.34. The third kappa shape index (κ3) is 3.34. The zero-order chi connectivity index (χ0) is 13.9. The van der Waals surface area contributed by atoms with Crippen molar-refractivity contribution < 1.29 is 18.3 Å². The van der Waals surface area contributed by atoms with E-state index < -0.39 is 11.7 Å². The molecule has 1 N–H and O–H groups in total. The molecule has 0 amide bonds. The van der Waals surface area contributed by atoms with E-state index in [4.69, 9.17) is 0 Å². The average molecular weight is 265 g/mol. The number of phenolic OH excluding ortho intramolecular Hbond substituents is 1. The summed E-state index contributed by atoms with van der Waals surface area (Å²) in [6.07, 6.45) is -2.94. The first-order valence-corrected chi connectivity index (χ1v) is 5.46. The number of para-hydroxylation sites is 2. The van der Waals surface area contributed by atoms with Crippen LogP contribution in [0.4, 0.5) is 18.9 Å². The summed E-state index contributed by atoms with van der Waals surface area (Å²) in [5.41, 5.74) is 0.186. The Bertz CT molecular complexity index is 588. The number of rotatable bonds is 2. The molecular weight excluding hydrogens is 255 g/mol. The zero-order valence-electron chi connectivity index (χ0n) is 9.72. The summed E-state index contributed by atoms with van der Waals surface area (Å²) in [6.45, 7) is 0. The van der Waals surface area contributed by atoms with Gasteiger partial charge in [0.2, 0.25) is 0 Å². The molecule has 0 heterocycles. The fraction of sp³-hybridized carbons (Fsp3) is 0.0714.